The molecule has 0 fully saturated rings. The van der Waals surface area contributed by atoms with Gasteiger partial charge in [-0.3, -0.25) is 14.4 Å². The van der Waals surface area contributed by atoms with Gasteiger partial charge in [-0.1, -0.05) is 23.7 Å². The molecule has 0 spiro atoms. The Labute approximate surface area is 238 Å². The number of aliphatic carboxylic acids is 1. The lowest BCUT2D eigenvalue weighted by molar-refractivity contribution is -0.276. The van der Waals surface area contributed by atoms with Crippen LogP contribution in [0.25, 0.3) is 11.3 Å². The van der Waals surface area contributed by atoms with Crippen LogP contribution in [0.1, 0.15) is 31.2 Å². The minimum atomic E-state index is -4.59. The van der Waals surface area contributed by atoms with Crippen molar-refractivity contribution in [2.24, 2.45) is 0 Å². The van der Waals surface area contributed by atoms with Gasteiger partial charge in [-0.05, 0) is 48.9 Å². The Morgan fingerprint density at radius 3 is 2.44 bits per heavy atom. The van der Waals surface area contributed by atoms with E-state index >= 15 is 0 Å². The minimum absolute atomic E-state index is 0.0551. The van der Waals surface area contributed by atoms with Gasteiger partial charge in [0.05, 0.1) is 30.1 Å². The first-order chi connectivity index (χ1) is 19.5. The van der Waals surface area contributed by atoms with Crippen LogP contribution in [-0.2, 0) is 30.3 Å². The van der Waals surface area contributed by atoms with Crippen molar-refractivity contribution in [2.75, 3.05) is 18.6 Å². The third-order valence-corrected chi connectivity index (χ3v) is 5.93. The molecule has 218 valence electrons. The average Bonchev–Trinajstić information content (AvgIpc) is 2.93. The number of amides is 2. The second-order valence-corrected chi connectivity index (χ2v) is 9.11. The number of benzene rings is 2. The first-order valence-corrected chi connectivity index (χ1v) is 12.6. The summed E-state index contributed by atoms with van der Waals surface area (Å²) in [4.78, 5) is 55.8. The molecule has 0 aliphatic rings. The summed E-state index contributed by atoms with van der Waals surface area (Å²) >= 11 is 6.08. The normalized spacial score (nSPS) is 12.0. The quantitative estimate of drug-likeness (QED) is 0.204. The number of aromatic nitrogens is 2. The maximum Gasteiger partial charge on any atom is 0.416 e. The molecule has 10 nitrogen and oxygen atoms in total. The highest BCUT2D eigenvalue weighted by Gasteiger charge is 2.31. The Bertz CT molecular complexity index is 1360. The van der Waals surface area contributed by atoms with Gasteiger partial charge in [-0.15, -0.1) is 0 Å². The molecule has 0 unspecified atom stereocenters. The molecule has 1 aromatic heterocycles. The van der Waals surface area contributed by atoms with Crippen molar-refractivity contribution in [2.45, 2.75) is 37.9 Å². The standard InChI is InChI=1S/C27H26ClF3N4O6/c1-40-41-16-20(7-12-25(38)39)33-23(36)10-11-24(37)35(21-8-5-18(6-9-21)27(29,30)31)26-32-14-13-22(34-26)17-3-2-4-19(28)15-17/h2-6,8-9,13-15,20H,7,10-12,16H2,1H3,(H,33,36)(H,38,39)/t20-/m1/s1. The van der Waals surface area contributed by atoms with Crippen molar-refractivity contribution in [1.29, 1.82) is 0 Å². The molecule has 41 heavy (non-hydrogen) atoms. The zero-order valence-corrected chi connectivity index (χ0v) is 22.5. The highest BCUT2D eigenvalue weighted by molar-refractivity contribution is 6.30. The Hall–Kier alpha value is -4.07. The molecule has 0 bridgehead atoms. The van der Waals surface area contributed by atoms with Crippen LogP contribution in [0, 0.1) is 0 Å². The number of carbonyl (C=O) groups is 3. The number of nitrogens with zero attached hydrogens (tertiary/aromatic N) is 3. The number of carboxylic acid groups (broad SMARTS) is 1. The van der Waals surface area contributed by atoms with Crippen LogP contribution in [0.5, 0.6) is 0 Å². The lowest BCUT2D eigenvalue weighted by Crippen LogP contribution is -2.39. The van der Waals surface area contributed by atoms with Crippen LogP contribution < -0.4 is 10.2 Å². The largest absolute Gasteiger partial charge is 0.481 e. The van der Waals surface area contributed by atoms with Gasteiger partial charge in [0.2, 0.25) is 17.8 Å². The molecular formula is C27H26ClF3N4O6. The number of alkyl halides is 3. The number of rotatable bonds is 13. The summed E-state index contributed by atoms with van der Waals surface area (Å²) < 4.78 is 39.5. The van der Waals surface area contributed by atoms with Gasteiger partial charge in [0.15, 0.2) is 0 Å². The molecule has 0 saturated carbocycles. The van der Waals surface area contributed by atoms with Crippen molar-refractivity contribution in [1.82, 2.24) is 15.3 Å². The van der Waals surface area contributed by atoms with Crippen LogP contribution >= 0.6 is 11.6 Å². The number of anilines is 2. The van der Waals surface area contributed by atoms with Gasteiger partial charge in [-0.25, -0.2) is 24.6 Å². The number of hydrogen-bond donors (Lipinski definition) is 2. The number of carbonyl (C=O) groups excluding carboxylic acids is 2. The Kier molecular flexibility index (Phi) is 11.1. The van der Waals surface area contributed by atoms with Gasteiger partial charge >= 0.3 is 12.1 Å². The fraction of sp³-hybridized carbons (Fsp3) is 0.296. The summed E-state index contributed by atoms with van der Waals surface area (Å²) in [7, 11) is 1.26. The van der Waals surface area contributed by atoms with E-state index < -0.39 is 35.6 Å². The molecule has 3 aromatic rings. The summed E-state index contributed by atoms with van der Waals surface area (Å²) in [5, 5.41) is 12.0. The molecule has 2 aromatic carbocycles. The lowest BCUT2D eigenvalue weighted by Gasteiger charge is -2.22. The van der Waals surface area contributed by atoms with E-state index in [4.69, 9.17) is 21.6 Å². The zero-order chi connectivity index (χ0) is 30.0. The molecule has 3 rings (SSSR count). The third kappa shape index (κ3) is 9.52. The van der Waals surface area contributed by atoms with E-state index in [1.165, 1.54) is 13.3 Å². The van der Waals surface area contributed by atoms with E-state index in [2.05, 4.69) is 20.2 Å². The average molecular weight is 595 g/mol. The Morgan fingerprint density at radius 1 is 1.07 bits per heavy atom. The van der Waals surface area contributed by atoms with Crippen molar-refractivity contribution in [3.05, 3.63) is 71.4 Å². The molecule has 0 radical (unpaired) electrons. The van der Waals surface area contributed by atoms with Gasteiger partial charge in [0, 0.05) is 36.0 Å². The molecule has 0 aliphatic heterocycles. The maximum atomic E-state index is 13.4. The number of carboxylic acids is 1. The Balaban J connectivity index is 1.85. The number of nitrogens with one attached hydrogen (secondary N) is 1. The first kappa shape index (κ1) is 31.5. The summed E-state index contributed by atoms with van der Waals surface area (Å²) in [6.45, 7) is -0.120. The van der Waals surface area contributed by atoms with Gasteiger partial charge in [0.1, 0.15) is 6.61 Å². The van der Waals surface area contributed by atoms with Crippen LogP contribution in [0.15, 0.2) is 60.8 Å². The predicted molar refractivity (Wildman–Crippen MR) is 142 cm³/mol. The van der Waals surface area contributed by atoms with Crippen molar-refractivity contribution in [3.8, 4) is 11.3 Å². The molecule has 0 aliphatic carbocycles. The van der Waals surface area contributed by atoms with Crippen LogP contribution in [0.2, 0.25) is 5.02 Å². The molecule has 1 atom stereocenters. The van der Waals surface area contributed by atoms with E-state index in [9.17, 15) is 27.6 Å². The highest BCUT2D eigenvalue weighted by atomic mass is 35.5. The summed E-state index contributed by atoms with van der Waals surface area (Å²) in [5.41, 5.74) is 0.164. The van der Waals surface area contributed by atoms with E-state index in [-0.39, 0.29) is 43.9 Å². The van der Waals surface area contributed by atoms with Crippen molar-refractivity contribution < 1.29 is 42.4 Å². The van der Waals surface area contributed by atoms with Crippen molar-refractivity contribution >= 4 is 41.0 Å². The molecule has 2 amide bonds. The topological polar surface area (TPSA) is 131 Å². The SMILES string of the molecule is COOC[C@@H](CCC(=O)O)NC(=O)CCC(=O)N(c1ccc(C(F)(F)F)cc1)c1nccc(-c2cccc(Cl)c2)n1. The molecule has 0 saturated heterocycles. The molecule has 14 heteroatoms. The zero-order valence-electron chi connectivity index (χ0n) is 21.7. The predicted octanol–water partition coefficient (Wildman–Crippen LogP) is 5.19. The van der Waals surface area contributed by atoms with Crippen molar-refractivity contribution in [3.63, 3.8) is 0 Å². The molecule has 1 heterocycles. The fourth-order valence-corrected chi connectivity index (χ4v) is 3.90. The second kappa shape index (κ2) is 14.5. The second-order valence-electron chi connectivity index (χ2n) is 8.67. The van der Waals surface area contributed by atoms with Crippen LogP contribution in [-0.4, -0.2) is 52.6 Å². The van der Waals surface area contributed by atoms with E-state index in [1.54, 1.807) is 30.3 Å². The molecular weight excluding hydrogens is 569 g/mol. The van der Waals surface area contributed by atoms with E-state index in [1.807, 2.05) is 0 Å². The Morgan fingerprint density at radius 2 is 1.80 bits per heavy atom. The summed E-state index contributed by atoms with van der Waals surface area (Å²) in [6, 6.07) is 11.5. The van der Waals surface area contributed by atoms with Gasteiger partial charge in [0.25, 0.3) is 0 Å². The monoisotopic (exact) mass is 594 g/mol. The summed E-state index contributed by atoms with van der Waals surface area (Å²) in [5.74, 6) is -2.43. The number of halogens is 4. The van der Waals surface area contributed by atoms with Crippen LogP contribution in [0.3, 0.4) is 0 Å². The third-order valence-electron chi connectivity index (χ3n) is 5.69. The van der Waals surface area contributed by atoms with Gasteiger partial charge in [-0.2, -0.15) is 13.2 Å². The number of hydrogen-bond acceptors (Lipinski definition) is 7. The smallest absolute Gasteiger partial charge is 0.416 e. The van der Waals surface area contributed by atoms with Gasteiger partial charge < -0.3 is 10.4 Å². The fourth-order valence-electron chi connectivity index (χ4n) is 3.71. The summed E-state index contributed by atoms with van der Waals surface area (Å²) in [6.07, 6.45) is -4.06. The lowest BCUT2D eigenvalue weighted by atomic mass is 10.1. The van der Waals surface area contributed by atoms with E-state index in [0.717, 1.165) is 29.2 Å². The molecule has 2 N–H and O–H groups in total. The van der Waals surface area contributed by atoms with E-state index in [0.29, 0.717) is 16.3 Å². The first-order valence-electron chi connectivity index (χ1n) is 12.2. The highest BCUT2D eigenvalue weighted by Crippen LogP contribution is 2.32. The van der Waals surface area contributed by atoms with Crippen LogP contribution in [0.4, 0.5) is 24.8 Å². The minimum Gasteiger partial charge on any atom is -0.481 e. The maximum absolute atomic E-state index is 13.4.